The molecule has 0 radical (unpaired) electrons. The number of thioether (sulfide) groups is 1. The van der Waals surface area contributed by atoms with E-state index >= 15 is 0 Å². The largest absolute Gasteiger partial charge is 0.419 e. The third kappa shape index (κ3) is 3.44. The van der Waals surface area contributed by atoms with Crippen LogP contribution in [-0.4, -0.2) is 20.7 Å². The second-order valence-electron chi connectivity index (χ2n) is 4.30. The molecule has 112 valence electrons. The van der Waals surface area contributed by atoms with Crippen LogP contribution < -0.4 is 0 Å². The summed E-state index contributed by atoms with van der Waals surface area (Å²) < 4.78 is 39.9. The van der Waals surface area contributed by atoms with Crippen LogP contribution in [0.1, 0.15) is 35.1 Å². The van der Waals surface area contributed by atoms with E-state index in [0.717, 1.165) is 17.8 Å². The molecule has 2 aromatic heterocycles. The highest BCUT2D eigenvalue weighted by molar-refractivity contribution is 7.99. The number of hydrogen-bond donors (Lipinski definition) is 0. The molecule has 0 aliphatic carbocycles. The van der Waals surface area contributed by atoms with E-state index in [9.17, 15) is 18.0 Å². The van der Waals surface area contributed by atoms with Crippen LogP contribution in [0.4, 0.5) is 13.2 Å². The van der Waals surface area contributed by atoms with Crippen molar-refractivity contribution in [3.05, 3.63) is 41.9 Å². The van der Waals surface area contributed by atoms with Gasteiger partial charge in [-0.1, -0.05) is 11.8 Å². The minimum absolute atomic E-state index is 0.117. The van der Waals surface area contributed by atoms with Gasteiger partial charge in [0.15, 0.2) is 0 Å². The summed E-state index contributed by atoms with van der Waals surface area (Å²) in [5.74, 6) is -0.292. The number of alkyl halides is 3. The molecule has 0 fully saturated rings. The Morgan fingerprint density at radius 2 is 2.05 bits per heavy atom. The van der Waals surface area contributed by atoms with E-state index in [1.807, 2.05) is 0 Å². The summed E-state index contributed by atoms with van der Waals surface area (Å²) in [6.07, 6.45) is -1.71. The van der Waals surface area contributed by atoms with Gasteiger partial charge in [0.1, 0.15) is 5.03 Å². The Labute approximate surface area is 123 Å². The van der Waals surface area contributed by atoms with E-state index in [2.05, 4.69) is 10.1 Å². The van der Waals surface area contributed by atoms with Crippen molar-refractivity contribution in [2.24, 2.45) is 0 Å². The lowest BCUT2D eigenvalue weighted by molar-refractivity contribution is -0.140. The Bertz CT molecular complexity index is 654. The highest BCUT2D eigenvalue weighted by Gasteiger charge is 2.34. The Kier molecular flexibility index (Phi) is 4.36. The van der Waals surface area contributed by atoms with Crippen LogP contribution in [0, 0.1) is 0 Å². The molecule has 2 aromatic rings. The van der Waals surface area contributed by atoms with Gasteiger partial charge in [-0.05, 0) is 25.1 Å². The summed E-state index contributed by atoms with van der Waals surface area (Å²) in [4.78, 5) is 15.2. The lowest BCUT2D eigenvalue weighted by Crippen LogP contribution is -2.13. The number of carbonyl (C=O) groups is 1. The van der Waals surface area contributed by atoms with Crippen molar-refractivity contribution in [3.63, 3.8) is 0 Å². The molecule has 0 amide bonds. The van der Waals surface area contributed by atoms with Gasteiger partial charge in [0.2, 0.25) is 5.91 Å². The highest BCUT2D eigenvalue weighted by Crippen LogP contribution is 2.40. The topological polar surface area (TPSA) is 47.8 Å². The smallest absolute Gasteiger partial charge is 0.273 e. The Balaban J connectivity index is 2.30. The average Bonchev–Trinajstić information content (AvgIpc) is 2.87. The number of hydrogen-bond acceptors (Lipinski definition) is 4. The second kappa shape index (κ2) is 5.88. The fourth-order valence-electron chi connectivity index (χ4n) is 1.81. The molecule has 1 atom stereocenters. The zero-order chi connectivity index (χ0) is 15.6. The third-order valence-corrected chi connectivity index (χ3v) is 3.90. The number of nitrogens with zero attached hydrogens (tertiary/aromatic N) is 3. The van der Waals surface area contributed by atoms with Crippen LogP contribution >= 0.6 is 11.8 Å². The van der Waals surface area contributed by atoms with Gasteiger partial charge >= 0.3 is 6.18 Å². The number of aromatic nitrogens is 3. The molecule has 0 aliphatic heterocycles. The van der Waals surface area contributed by atoms with Crippen LogP contribution in [0.5, 0.6) is 0 Å². The summed E-state index contributed by atoms with van der Waals surface area (Å²) >= 11 is 0.942. The fraction of sp³-hybridized carbons (Fsp3) is 0.308. The Morgan fingerprint density at radius 3 is 2.67 bits per heavy atom. The zero-order valence-corrected chi connectivity index (χ0v) is 12.1. The van der Waals surface area contributed by atoms with Crippen molar-refractivity contribution < 1.29 is 18.0 Å². The Morgan fingerprint density at radius 1 is 1.33 bits per heavy atom. The van der Waals surface area contributed by atoms with E-state index in [1.165, 1.54) is 30.1 Å². The number of halogens is 3. The predicted octanol–water partition coefficient (Wildman–Crippen LogP) is 3.81. The minimum atomic E-state index is -4.46. The van der Waals surface area contributed by atoms with Gasteiger partial charge in [-0.15, -0.1) is 0 Å². The highest BCUT2D eigenvalue weighted by atomic mass is 32.2. The third-order valence-electron chi connectivity index (χ3n) is 2.75. The fourth-order valence-corrected chi connectivity index (χ4v) is 2.88. The number of carbonyl (C=O) groups excluding carboxylic acids is 1. The number of pyridine rings is 1. The summed E-state index contributed by atoms with van der Waals surface area (Å²) in [5.41, 5.74) is -0.248. The van der Waals surface area contributed by atoms with Crippen molar-refractivity contribution >= 4 is 17.7 Å². The first-order chi connectivity index (χ1) is 9.80. The van der Waals surface area contributed by atoms with Crippen LogP contribution in [0.2, 0.25) is 0 Å². The molecule has 2 rings (SSSR count). The minimum Gasteiger partial charge on any atom is -0.273 e. The molecule has 0 N–H and O–H groups in total. The quantitative estimate of drug-likeness (QED) is 0.808. The van der Waals surface area contributed by atoms with E-state index in [4.69, 9.17) is 0 Å². The van der Waals surface area contributed by atoms with Crippen LogP contribution in [0.25, 0.3) is 0 Å². The van der Waals surface area contributed by atoms with Gasteiger partial charge in [0.05, 0.1) is 16.5 Å². The van der Waals surface area contributed by atoms with Gasteiger partial charge in [-0.25, -0.2) is 9.67 Å². The van der Waals surface area contributed by atoms with Crippen molar-refractivity contribution in [2.45, 2.75) is 30.3 Å². The van der Waals surface area contributed by atoms with Gasteiger partial charge < -0.3 is 0 Å². The summed E-state index contributed by atoms with van der Waals surface area (Å²) in [6.45, 7) is 3.05. The van der Waals surface area contributed by atoms with E-state index in [0.29, 0.717) is 5.69 Å². The maximum atomic E-state index is 12.9. The summed E-state index contributed by atoms with van der Waals surface area (Å²) in [5, 5.41) is 3.35. The average molecular weight is 315 g/mol. The first-order valence-corrected chi connectivity index (χ1v) is 6.92. The Hall–Kier alpha value is -1.83. The first-order valence-electron chi connectivity index (χ1n) is 6.04. The molecule has 0 saturated carbocycles. The van der Waals surface area contributed by atoms with E-state index < -0.39 is 17.0 Å². The molecule has 4 nitrogen and oxygen atoms in total. The van der Waals surface area contributed by atoms with Crippen LogP contribution in [0.15, 0.2) is 35.6 Å². The lowest BCUT2D eigenvalue weighted by atomic mass is 10.3. The SMILES string of the molecule is CC(=O)n1nccc1C(C)Sc1ncccc1C(F)(F)F. The summed E-state index contributed by atoms with van der Waals surface area (Å²) in [7, 11) is 0. The van der Waals surface area contributed by atoms with E-state index in [1.54, 1.807) is 13.0 Å². The van der Waals surface area contributed by atoms with Gasteiger partial charge in [-0.3, -0.25) is 4.79 Å². The molecule has 21 heavy (non-hydrogen) atoms. The molecule has 0 saturated heterocycles. The molecule has 0 aromatic carbocycles. The maximum Gasteiger partial charge on any atom is 0.419 e. The molecule has 1 unspecified atom stereocenters. The summed E-state index contributed by atoms with van der Waals surface area (Å²) in [6, 6.07) is 3.84. The number of rotatable bonds is 3. The maximum absolute atomic E-state index is 12.9. The van der Waals surface area contributed by atoms with Gasteiger partial charge in [0.25, 0.3) is 0 Å². The lowest BCUT2D eigenvalue weighted by Gasteiger charge is -2.15. The van der Waals surface area contributed by atoms with E-state index in [-0.39, 0.29) is 10.9 Å². The molecular formula is C13H12F3N3OS. The molecule has 0 bridgehead atoms. The second-order valence-corrected chi connectivity index (χ2v) is 5.63. The molecule has 8 heteroatoms. The zero-order valence-electron chi connectivity index (χ0n) is 11.3. The van der Waals surface area contributed by atoms with Gasteiger partial charge in [0, 0.05) is 19.3 Å². The van der Waals surface area contributed by atoms with Gasteiger partial charge in [-0.2, -0.15) is 18.3 Å². The standard InChI is InChI=1S/C13H12F3N3OS/c1-8(11-5-7-18-19(11)9(2)20)21-12-10(13(14,15)16)4-3-6-17-12/h3-8H,1-2H3. The van der Waals surface area contributed by atoms with Crippen molar-refractivity contribution in [3.8, 4) is 0 Å². The molecular weight excluding hydrogens is 303 g/mol. The van der Waals surface area contributed by atoms with Crippen molar-refractivity contribution in [1.29, 1.82) is 0 Å². The van der Waals surface area contributed by atoms with Crippen molar-refractivity contribution in [1.82, 2.24) is 14.8 Å². The predicted molar refractivity (Wildman–Crippen MR) is 72.0 cm³/mol. The molecule has 2 heterocycles. The first kappa shape index (κ1) is 15.6. The molecule has 0 spiro atoms. The normalized spacial score (nSPS) is 13.2. The van der Waals surface area contributed by atoms with Crippen LogP contribution in [-0.2, 0) is 6.18 Å². The van der Waals surface area contributed by atoms with Crippen molar-refractivity contribution in [2.75, 3.05) is 0 Å². The monoisotopic (exact) mass is 315 g/mol. The molecule has 0 aliphatic rings. The van der Waals surface area contributed by atoms with Crippen LogP contribution in [0.3, 0.4) is 0 Å².